The summed E-state index contributed by atoms with van der Waals surface area (Å²) in [6, 6.07) is 15.6. The molecule has 0 saturated heterocycles. The van der Waals surface area contributed by atoms with Crippen molar-refractivity contribution in [3.63, 3.8) is 0 Å². The number of hydrogen-bond donors (Lipinski definition) is 2. The van der Waals surface area contributed by atoms with E-state index < -0.39 is 0 Å². The van der Waals surface area contributed by atoms with Crippen LogP contribution in [0.4, 0.5) is 10.1 Å². The van der Waals surface area contributed by atoms with Crippen molar-refractivity contribution < 1.29 is 9.60 Å². The lowest BCUT2D eigenvalue weighted by molar-refractivity contribution is 0.306. The predicted molar refractivity (Wildman–Crippen MR) is 99.7 cm³/mol. The summed E-state index contributed by atoms with van der Waals surface area (Å²) in [4.78, 5) is 0. The van der Waals surface area contributed by atoms with Crippen LogP contribution >= 0.6 is 0 Å². The third kappa shape index (κ3) is 4.59. The molecule has 25 heavy (non-hydrogen) atoms. The summed E-state index contributed by atoms with van der Waals surface area (Å²) in [6.07, 6.45) is 5.23. The largest absolute Gasteiger partial charge is 0.409 e. The SMILES string of the molecule is Cc1ccc(N/C(C[C@H]2CC[C@@H](c3ccccc3)CC2)=N\O)cc1F. The third-order valence-electron chi connectivity index (χ3n) is 5.18. The van der Waals surface area contributed by atoms with E-state index in [2.05, 4.69) is 40.8 Å². The van der Waals surface area contributed by atoms with Crippen molar-refractivity contribution in [1.29, 1.82) is 0 Å². The van der Waals surface area contributed by atoms with Crippen LogP contribution in [0.25, 0.3) is 0 Å². The second-order valence-electron chi connectivity index (χ2n) is 6.97. The highest BCUT2D eigenvalue weighted by atomic mass is 19.1. The van der Waals surface area contributed by atoms with E-state index >= 15 is 0 Å². The molecule has 3 nitrogen and oxygen atoms in total. The van der Waals surface area contributed by atoms with Gasteiger partial charge in [0.25, 0.3) is 0 Å². The fourth-order valence-corrected chi connectivity index (χ4v) is 3.65. The molecule has 1 aliphatic rings. The molecule has 2 aromatic carbocycles. The third-order valence-corrected chi connectivity index (χ3v) is 5.18. The van der Waals surface area contributed by atoms with E-state index in [1.165, 1.54) is 11.6 Å². The number of benzene rings is 2. The van der Waals surface area contributed by atoms with E-state index in [0.29, 0.717) is 35.3 Å². The molecule has 0 heterocycles. The Hall–Kier alpha value is -2.36. The summed E-state index contributed by atoms with van der Waals surface area (Å²) >= 11 is 0. The quantitative estimate of drug-likeness (QED) is 0.325. The van der Waals surface area contributed by atoms with Crippen LogP contribution < -0.4 is 5.32 Å². The molecule has 2 aromatic rings. The Labute approximate surface area is 148 Å². The van der Waals surface area contributed by atoms with E-state index in [4.69, 9.17) is 0 Å². The Kier molecular flexibility index (Phi) is 5.69. The van der Waals surface area contributed by atoms with Gasteiger partial charge in [0.15, 0.2) is 0 Å². The minimum absolute atomic E-state index is 0.259. The van der Waals surface area contributed by atoms with Crippen molar-refractivity contribution in [2.24, 2.45) is 11.1 Å². The summed E-state index contributed by atoms with van der Waals surface area (Å²) < 4.78 is 13.7. The molecule has 2 N–H and O–H groups in total. The molecule has 1 fully saturated rings. The second-order valence-corrected chi connectivity index (χ2v) is 6.97. The van der Waals surface area contributed by atoms with Crippen molar-refractivity contribution in [2.75, 3.05) is 5.32 Å². The molecule has 0 atom stereocenters. The van der Waals surface area contributed by atoms with Crippen LogP contribution in [0.3, 0.4) is 0 Å². The number of anilines is 1. The van der Waals surface area contributed by atoms with Gasteiger partial charge < -0.3 is 10.5 Å². The van der Waals surface area contributed by atoms with Gasteiger partial charge in [-0.25, -0.2) is 4.39 Å². The molecule has 0 aromatic heterocycles. The van der Waals surface area contributed by atoms with Gasteiger partial charge in [-0.05, 0) is 67.7 Å². The number of halogens is 1. The maximum atomic E-state index is 13.7. The molecule has 3 rings (SSSR count). The molecule has 0 amide bonds. The smallest absolute Gasteiger partial charge is 0.146 e. The summed E-state index contributed by atoms with van der Waals surface area (Å²) in [6.45, 7) is 1.73. The number of nitrogens with zero attached hydrogens (tertiary/aromatic N) is 1. The lowest BCUT2D eigenvalue weighted by Gasteiger charge is -2.29. The first-order valence-corrected chi connectivity index (χ1v) is 8.94. The van der Waals surface area contributed by atoms with Gasteiger partial charge in [0, 0.05) is 12.1 Å². The highest BCUT2D eigenvalue weighted by Crippen LogP contribution is 2.37. The van der Waals surface area contributed by atoms with Crippen molar-refractivity contribution >= 4 is 11.5 Å². The van der Waals surface area contributed by atoms with Crippen LogP contribution in [0, 0.1) is 18.7 Å². The monoisotopic (exact) mass is 340 g/mol. The fraction of sp³-hybridized carbons (Fsp3) is 0.381. The van der Waals surface area contributed by atoms with Crippen molar-refractivity contribution in [3.05, 3.63) is 65.5 Å². The number of oxime groups is 1. The molecule has 0 unspecified atom stereocenters. The molecular formula is C21H25FN2O. The highest BCUT2D eigenvalue weighted by Gasteiger charge is 2.23. The molecule has 1 aliphatic carbocycles. The van der Waals surface area contributed by atoms with Crippen LogP contribution in [0.2, 0.25) is 0 Å². The standard InChI is InChI=1S/C21H25FN2O/c1-15-7-12-19(14-20(15)22)23-21(24-25)13-16-8-10-18(11-9-16)17-5-3-2-4-6-17/h2-7,12,14,16,18,25H,8-11,13H2,1H3,(H,23,24)/t16-,18+. The van der Waals surface area contributed by atoms with Gasteiger partial charge in [-0.2, -0.15) is 0 Å². The average Bonchev–Trinajstić information content (AvgIpc) is 2.65. The summed E-state index contributed by atoms with van der Waals surface area (Å²) in [7, 11) is 0. The van der Waals surface area contributed by atoms with Crippen LogP contribution in [0.5, 0.6) is 0 Å². The molecule has 0 aliphatic heterocycles. The Morgan fingerprint density at radius 1 is 1.12 bits per heavy atom. The van der Waals surface area contributed by atoms with Gasteiger partial charge in [0.1, 0.15) is 11.7 Å². The number of nitrogens with one attached hydrogen (secondary N) is 1. The normalized spacial score (nSPS) is 21.1. The first-order valence-electron chi connectivity index (χ1n) is 8.94. The van der Waals surface area contributed by atoms with Crippen LogP contribution in [-0.4, -0.2) is 11.0 Å². The molecule has 4 heteroatoms. The van der Waals surface area contributed by atoms with Gasteiger partial charge in [-0.1, -0.05) is 41.6 Å². The average molecular weight is 340 g/mol. The first-order chi connectivity index (χ1) is 12.2. The van der Waals surface area contributed by atoms with E-state index in [9.17, 15) is 9.60 Å². The van der Waals surface area contributed by atoms with Gasteiger partial charge in [-0.3, -0.25) is 0 Å². The minimum atomic E-state index is -0.259. The lowest BCUT2D eigenvalue weighted by Crippen LogP contribution is -2.21. The topological polar surface area (TPSA) is 44.6 Å². The Balaban J connectivity index is 1.54. The Morgan fingerprint density at radius 3 is 2.48 bits per heavy atom. The van der Waals surface area contributed by atoms with Crippen molar-refractivity contribution in [1.82, 2.24) is 0 Å². The van der Waals surface area contributed by atoms with E-state index in [1.807, 2.05) is 0 Å². The lowest BCUT2D eigenvalue weighted by atomic mass is 9.77. The van der Waals surface area contributed by atoms with E-state index in [-0.39, 0.29) is 5.82 Å². The van der Waals surface area contributed by atoms with Crippen LogP contribution in [0.1, 0.15) is 49.1 Å². The zero-order chi connectivity index (χ0) is 17.6. The molecule has 132 valence electrons. The van der Waals surface area contributed by atoms with Crippen molar-refractivity contribution in [2.45, 2.75) is 44.9 Å². The molecule has 1 saturated carbocycles. The van der Waals surface area contributed by atoms with Gasteiger partial charge in [-0.15, -0.1) is 0 Å². The Morgan fingerprint density at radius 2 is 1.84 bits per heavy atom. The summed E-state index contributed by atoms with van der Waals surface area (Å²) in [5.74, 6) is 1.37. The zero-order valence-electron chi connectivity index (χ0n) is 14.6. The fourth-order valence-electron chi connectivity index (χ4n) is 3.65. The second kappa shape index (κ2) is 8.15. The maximum Gasteiger partial charge on any atom is 0.146 e. The van der Waals surface area contributed by atoms with Crippen molar-refractivity contribution in [3.8, 4) is 0 Å². The molecule has 0 bridgehead atoms. The number of aryl methyl sites for hydroxylation is 1. The summed E-state index contributed by atoms with van der Waals surface area (Å²) in [5, 5.41) is 15.7. The number of rotatable bonds is 4. The number of amidine groups is 1. The molecule has 0 spiro atoms. The van der Waals surface area contributed by atoms with Gasteiger partial charge in [0.05, 0.1) is 0 Å². The highest BCUT2D eigenvalue weighted by molar-refractivity contribution is 5.95. The predicted octanol–water partition coefficient (Wildman–Crippen LogP) is 5.70. The van der Waals surface area contributed by atoms with E-state index in [1.54, 1.807) is 19.1 Å². The van der Waals surface area contributed by atoms with Crippen LogP contribution in [0.15, 0.2) is 53.7 Å². The maximum absolute atomic E-state index is 13.7. The number of hydrogen-bond acceptors (Lipinski definition) is 2. The first kappa shape index (κ1) is 17.5. The van der Waals surface area contributed by atoms with E-state index in [0.717, 1.165) is 25.7 Å². The van der Waals surface area contributed by atoms with Gasteiger partial charge in [0.2, 0.25) is 0 Å². The Bertz CT molecular complexity index is 722. The summed E-state index contributed by atoms with van der Waals surface area (Å²) in [5.41, 5.74) is 2.64. The molecular weight excluding hydrogens is 315 g/mol. The van der Waals surface area contributed by atoms with Crippen LogP contribution in [-0.2, 0) is 0 Å². The zero-order valence-corrected chi connectivity index (χ0v) is 14.6. The minimum Gasteiger partial charge on any atom is -0.409 e. The molecule has 0 radical (unpaired) electrons. The van der Waals surface area contributed by atoms with Gasteiger partial charge >= 0.3 is 0 Å².